The molecule has 0 aromatic heterocycles. The Kier molecular flexibility index (Phi) is 6.60. The molecular formula is C19H30ClNO4. The van der Waals surface area contributed by atoms with Crippen molar-refractivity contribution in [2.24, 2.45) is 5.41 Å². The van der Waals surface area contributed by atoms with Gasteiger partial charge in [0, 0.05) is 43.2 Å². The number of nitrogens with zero attached hydrogens (tertiary/aromatic N) is 1. The molecule has 1 aromatic rings. The van der Waals surface area contributed by atoms with Crippen molar-refractivity contribution in [1.29, 1.82) is 0 Å². The van der Waals surface area contributed by atoms with Gasteiger partial charge in [-0.2, -0.15) is 0 Å². The summed E-state index contributed by atoms with van der Waals surface area (Å²) >= 11 is 6.44. The van der Waals surface area contributed by atoms with Crippen molar-refractivity contribution in [2.75, 3.05) is 40.5 Å². The van der Waals surface area contributed by atoms with E-state index in [-0.39, 0.29) is 5.41 Å². The van der Waals surface area contributed by atoms with Gasteiger partial charge in [-0.25, -0.2) is 0 Å². The van der Waals surface area contributed by atoms with Gasteiger partial charge in [0.05, 0.1) is 25.9 Å². The highest BCUT2D eigenvalue weighted by Crippen LogP contribution is 2.40. The third-order valence-electron chi connectivity index (χ3n) is 5.13. The molecule has 1 N–H and O–H groups in total. The van der Waals surface area contributed by atoms with Gasteiger partial charge in [-0.15, -0.1) is 0 Å². The van der Waals surface area contributed by atoms with Gasteiger partial charge in [-0.1, -0.05) is 25.4 Å². The number of methoxy groups -OCH3 is 2. The topological polar surface area (TPSA) is 51.2 Å². The normalized spacial score (nSPS) is 23.5. The second-order valence-corrected chi connectivity index (χ2v) is 7.74. The van der Waals surface area contributed by atoms with Crippen LogP contribution in [0, 0.1) is 5.41 Å². The third kappa shape index (κ3) is 4.40. The lowest BCUT2D eigenvalue weighted by Gasteiger charge is -2.50. The Morgan fingerprint density at radius 3 is 2.52 bits per heavy atom. The molecule has 0 radical (unpaired) electrons. The summed E-state index contributed by atoms with van der Waals surface area (Å²) in [5.74, 6) is 1.35. The number of hydrogen-bond acceptors (Lipinski definition) is 5. The second-order valence-electron chi connectivity index (χ2n) is 7.34. The Hall–Kier alpha value is -1.01. The van der Waals surface area contributed by atoms with Crippen molar-refractivity contribution in [3.8, 4) is 11.5 Å². The molecule has 0 aliphatic carbocycles. The summed E-state index contributed by atoms with van der Waals surface area (Å²) in [6.45, 7) is 9.28. The molecule has 0 spiro atoms. The summed E-state index contributed by atoms with van der Waals surface area (Å²) < 4.78 is 16.2. The lowest BCUT2D eigenvalue weighted by Crippen LogP contribution is -2.59. The minimum absolute atomic E-state index is 0.275. The number of halogens is 1. The SMILES string of the molecule is CCOc1cc(CN2CC[C@@](O)(COC)C(C)(C)C2)c(Cl)cc1OC. The standard InChI is InChI=1S/C19H30ClNO4/c1-6-25-17-9-14(15(20)10-16(17)24-5)11-21-8-7-19(22,13-23-4)18(2,3)12-21/h9-10,22H,6-8,11-13H2,1-5H3/t19-/m1/s1. The van der Waals surface area contributed by atoms with Crippen molar-refractivity contribution >= 4 is 11.6 Å². The second kappa shape index (κ2) is 8.12. The predicted molar refractivity (Wildman–Crippen MR) is 99.7 cm³/mol. The quantitative estimate of drug-likeness (QED) is 0.796. The molecule has 0 bridgehead atoms. The van der Waals surface area contributed by atoms with E-state index in [2.05, 4.69) is 18.7 Å². The fourth-order valence-corrected chi connectivity index (χ4v) is 3.69. The molecule has 1 fully saturated rings. The van der Waals surface area contributed by atoms with Gasteiger partial charge in [0.1, 0.15) is 0 Å². The summed E-state index contributed by atoms with van der Waals surface area (Å²) in [5.41, 5.74) is -0.0830. The number of rotatable bonds is 7. The van der Waals surface area contributed by atoms with Crippen molar-refractivity contribution < 1.29 is 19.3 Å². The number of aliphatic hydroxyl groups is 1. The minimum atomic E-state index is -0.807. The van der Waals surface area contributed by atoms with Crippen LogP contribution >= 0.6 is 11.6 Å². The van der Waals surface area contributed by atoms with Gasteiger partial charge in [0.2, 0.25) is 0 Å². The van der Waals surface area contributed by atoms with E-state index >= 15 is 0 Å². The van der Waals surface area contributed by atoms with E-state index < -0.39 is 5.60 Å². The summed E-state index contributed by atoms with van der Waals surface area (Å²) in [4.78, 5) is 2.31. The molecule has 1 aliphatic heterocycles. The number of piperidine rings is 1. The first-order valence-electron chi connectivity index (χ1n) is 8.69. The van der Waals surface area contributed by atoms with Crippen molar-refractivity contribution in [2.45, 2.75) is 39.3 Å². The number of ether oxygens (including phenoxy) is 3. The van der Waals surface area contributed by atoms with E-state index in [1.54, 1.807) is 20.3 Å². The molecule has 1 aromatic carbocycles. The smallest absolute Gasteiger partial charge is 0.162 e. The molecule has 142 valence electrons. The van der Waals surface area contributed by atoms with Crippen LogP contribution in [-0.4, -0.2) is 56.1 Å². The van der Waals surface area contributed by atoms with Crippen LogP contribution < -0.4 is 9.47 Å². The van der Waals surface area contributed by atoms with Gasteiger partial charge >= 0.3 is 0 Å². The highest BCUT2D eigenvalue weighted by Gasteiger charge is 2.47. The van der Waals surface area contributed by atoms with Crippen molar-refractivity contribution in [3.05, 3.63) is 22.7 Å². The highest BCUT2D eigenvalue weighted by atomic mass is 35.5. The lowest BCUT2D eigenvalue weighted by molar-refractivity contribution is -0.151. The van der Waals surface area contributed by atoms with Crippen LogP contribution in [0.25, 0.3) is 0 Å². The molecule has 0 amide bonds. The largest absolute Gasteiger partial charge is 0.493 e. The molecule has 2 rings (SSSR count). The molecule has 1 aliphatic rings. The first-order chi connectivity index (χ1) is 11.8. The number of hydrogen-bond donors (Lipinski definition) is 1. The molecule has 0 saturated carbocycles. The van der Waals surface area contributed by atoms with Crippen LogP contribution in [0.5, 0.6) is 11.5 Å². The minimum Gasteiger partial charge on any atom is -0.493 e. The average Bonchev–Trinajstić information content (AvgIpc) is 2.54. The van der Waals surface area contributed by atoms with Crippen molar-refractivity contribution in [1.82, 2.24) is 4.90 Å². The molecule has 5 nitrogen and oxygen atoms in total. The zero-order chi connectivity index (χ0) is 18.7. The fourth-order valence-electron chi connectivity index (χ4n) is 3.48. The molecular weight excluding hydrogens is 342 g/mol. The highest BCUT2D eigenvalue weighted by molar-refractivity contribution is 6.31. The Morgan fingerprint density at radius 2 is 1.96 bits per heavy atom. The third-order valence-corrected chi connectivity index (χ3v) is 5.48. The summed E-state index contributed by atoms with van der Waals surface area (Å²) in [7, 11) is 3.24. The van der Waals surface area contributed by atoms with Crippen molar-refractivity contribution in [3.63, 3.8) is 0 Å². The Bertz CT molecular complexity index is 593. The Morgan fingerprint density at radius 1 is 1.24 bits per heavy atom. The van der Waals surface area contributed by atoms with E-state index in [1.165, 1.54) is 0 Å². The van der Waals surface area contributed by atoms with Gasteiger partial charge < -0.3 is 19.3 Å². The Labute approximate surface area is 155 Å². The summed E-state index contributed by atoms with van der Waals surface area (Å²) in [5, 5.41) is 11.6. The lowest BCUT2D eigenvalue weighted by atomic mass is 9.70. The summed E-state index contributed by atoms with van der Waals surface area (Å²) in [6, 6.07) is 3.76. The first-order valence-corrected chi connectivity index (χ1v) is 9.07. The van der Waals surface area contributed by atoms with Crippen LogP contribution in [0.3, 0.4) is 0 Å². The van der Waals surface area contributed by atoms with E-state index in [9.17, 15) is 5.11 Å². The molecule has 1 atom stereocenters. The van der Waals surface area contributed by atoms with Gasteiger partial charge in [-0.05, 0) is 25.0 Å². The molecule has 6 heteroatoms. The van der Waals surface area contributed by atoms with E-state index in [1.807, 2.05) is 13.0 Å². The van der Waals surface area contributed by atoms with Gasteiger partial charge in [0.25, 0.3) is 0 Å². The van der Waals surface area contributed by atoms with Crippen LogP contribution in [0.15, 0.2) is 12.1 Å². The van der Waals surface area contributed by atoms with Gasteiger partial charge in [0.15, 0.2) is 11.5 Å². The van der Waals surface area contributed by atoms with Crippen LogP contribution in [-0.2, 0) is 11.3 Å². The summed E-state index contributed by atoms with van der Waals surface area (Å²) in [6.07, 6.45) is 0.667. The van der Waals surface area contributed by atoms with E-state index in [0.717, 1.165) is 18.7 Å². The predicted octanol–water partition coefficient (Wildman–Crippen LogP) is 3.36. The fraction of sp³-hybridized carbons (Fsp3) is 0.684. The van der Waals surface area contributed by atoms with E-state index in [4.69, 9.17) is 25.8 Å². The maximum atomic E-state index is 10.9. The molecule has 1 heterocycles. The average molecular weight is 372 g/mol. The monoisotopic (exact) mass is 371 g/mol. The number of benzene rings is 1. The zero-order valence-electron chi connectivity index (χ0n) is 15.9. The number of likely N-dealkylation sites (tertiary alicyclic amines) is 1. The zero-order valence-corrected chi connectivity index (χ0v) is 16.7. The Balaban J connectivity index is 2.17. The van der Waals surface area contributed by atoms with Crippen LogP contribution in [0.4, 0.5) is 0 Å². The van der Waals surface area contributed by atoms with Crippen LogP contribution in [0.1, 0.15) is 32.8 Å². The van der Waals surface area contributed by atoms with E-state index in [0.29, 0.717) is 42.7 Å². The molecule has 1 saturated heterocycles. The molecule has 0 unspecified atom stereocenters. The van der Waals surface area contributed by atoms with Gasteiger partial charge in [-0.3, -0.25) is 4.90 Å². The maximum absolute atomic E-state index is 10.9. The van der Waals surface area contributed by atoms with Crippen LogP contribution in [0.2, 0.25) is 5.02 Å². The maximum Gasteiger partial charge on any atom is 0.162 e. The first kappa shape index (κ1) is 20.3. The molecule has 25 heavy (non-hydrogen) atoms.